The average Bonchev–Trinajstić information content (AvgIpc) is 2.37. The van der Waals surface area contributed by atoms with E-state index >= 15 is 0 Å². The Labute approximate surface area is 119 Å². The van der Waals surface area contributed by atoms with Gasteiger partial charge in [0.1, 0.15) is 0 Å². The van der Waals surface area contributed by atoms with Gasteiger partial charge >= 0.3 is 0 Å². The highest BCUT2D eigenvalue weighted by atomic mass is 32.2. The minimum Gasteiger partial charge on any atom is -0.366 e. The molecule has 6 heteroatoms. The molecule has 20 heavy (non-hydrogen) atoms. The predicted molar refractivity (Wildman–Crippen MR) is 76.7 cm³/mol. The highest BCUT2D eigenvalue weighted by Crippen LogP contribution is 2.26. The summed E-state index contributed by atoms with van der Waals surface area (Å²) in [5.74, 6) is 0.158. The predicted octanol–water partition coefficient (Wildman–Crippen LogP) is 1.45. The third-order valence-electron chi connectivity index (χ3n) is 3.61. The van der Waals surface area contributed by atoms with Crippen LogP contribution in [0.5, 0.6) is 0 Å². The van der Waals surface area contributed by atoms with Gasteiger partial charge in [0.2, 0.25) is 15.9 Å². The number of hydrogen-bond donors (Lipinski definition) is 1. The maximum absolute atomic E-state index is 12.6. The van der Waals surface area contributed by atoms with E-state index in [0.29, 0.717) is 30.5 Å². The van der Waals surface area contributed by atoms with Crippen molar-refractivity contribution in [2.45, 2.75) is 25.2 Å². The first-order chi connectivity index (χ1) is 9.30. The molecule has 2 rings (SSSR count). The van der Waals surface area contributed by atoms with Crippen molar-refractivity contribution in [2.24, 2.45) is 17.6 Å². The van der Waals surface area contributed by atoms with E-state index in [1.54, 1.807) is 0 Å². The number of nitrogens with two attached hydrogens (primary N) is 1. The fourth-order valence-electron chi connectivity index (χ4n) is 2.74. The molecule has 0 aliphatic carbocycles. The highest BCUT2D eigenvalue weighted by molar-refractivity contribution is 7.89. The second-order valence-electron chi connectivity index (χ2n) is 5.66. The molecule has 1 aliphatic heterocycles. The van der Waals surface area contributed by atoms with Gasteiger partial charge in [-0.1, -0.05) is 13.8 Å². The Kier molecular flexibility index (Phi) is 4.15. The number of sulfonamides is 1. The molecule has 1 aliphatic rings. The van der Waals surface area contributed by atoms with Crippen LogP contribution in [0.15, 0.2) is 29.2 Å². The highest BCUT2D eigenvalue weighted by Gasteiger charge is 2.31. The second-order valence-corrected chi connectivity index (χ2v) is 7.59. The van der Waals surface area contributed by atoms with Crippen LogP contribution in [0.3, 0.4) is 0 Å². The number of benzene rings is 1. The van der Waals surface area contributed by atoms with Gasteiger partial charge in [-0.15, -0.1) is 0 Å². The summed E-state index contributed by atoms with van der Waals surface area (Å²) >= 11 is 0. The molecule has 1 heterocycles. The smallest absolute Gasteiger partial charge is 0.248 e. The van der Waals surface area contributed by atoms with E-state index in [9.17, 15) is 13.2 Å². The first-order valence-electron chi connectivity index (χ1n) is 6.70. The van der Waals surface area contributed by atoms with Crippen molar-refractivity contribution in [1.29, 1.82) is 0 Å². The van der Waals surface area contributed by atoms with E-state index in [1.807, 2.05) is 0 Å². The topological polar surface area (TPSA) is 80.5 Å². The number of hydrogen-bond acceptors (Lipinski definition) is 3. The summed E-state index contributed by atoms with van der Waals surface area (Å²) < 4.78 is 26.7. The van der Waals surface area contributed by atoms with Crippen LogP contribution in [0.1, 0.15) is 30.6 Å². The zero-order chi connectivity index (χ0) is 14.9. The molecule has 2 atom stereocenters. The quantitative estimate of drug-likeness (QED) is 0.916. The summed E-state index contributed by atoms with van der Waals surface area (Å²) in [6, 6.07) is 5.79. The monoisotopic (exact) mass is 296 g/mol. The van der Waals surface area contributed by atoms with Gasteiger partial charge in [-0.2, -0.15) is 4.31 Å². The second kappa shape index (κ2) is 5.54. The van der Waals surface area contributed by atoms with Gasteiger partial charge in [0.05, 0.1) is 4.90 Å². The lowest BCUT2D eigenvalue weighted by Crippen LogP contribution is -2.42. The number of amides is 1. The van der Waals surface area contributed by atoms with Crippen LogP contribution in [0.2, 0.25) is 0 Å². The standard InChI is InChI=1S/C14H20N2O3S/c1-10-7-11(2)9-16(8-10)20(18,19)13-5-3-12(4-6-13)14(15)17/h3-6,10-11H,7-9H2,1-2H3,(H2,15,17)/t10-,11-/m0/s1. The molecule has 1 fully saturated rings. The third-order valence-corrected chi connectivity index (χ3v) is 5.46. The van der Waals surface area contributed by atoms with Gasteiger partial charge in [0.25, 0.3) is 0 Å². The maximum Gasteiger partial charge on any atom is 0.248 e. The van der Waals surface area contributed by atoms with Crippen molar-refractivity contribution in [3.8, 4) is 0 Å². The molecule has 1 saturated heterocycles. The van der Waals surface area contributed by atoms with Crippen molar-refractivity contribution in [1.82, 2.24) is 4.31 Å². The van der Waals surface area contributed by atoms with Crippen molar-refractivity contribution in [3.05, 3.63) is 29.8 Å². The number of nitrogens with zero attached hydrogens (tertiary/aromatic N) is 1. The molecule has 0 unspecified atom stereocenters. The zero-order valence-corrected chi connectivity index (χ0v) is 12.6. The average molecular weight is 296 g/mol. The molecule has 110 valence electrons. The lowest BCUT2D eigenvalue weighted by atomic mass is 9.94. The van der Waals surface area contributed by atoms with Crippen LogP contribution < -0.4 is 5.73 Å². The summed E-state index contributed by atoms with van der Waals surface area (Å²) in [6.07, 6.45) is 1.05. The Hall–Kier alpha value is -1.40. The van der Waals surface area contributed by atoms with Crippen LogP contribution in [-0.2, 0) is 10.0 Å². The Bertz CT molecular complexity index is 585. The van der Waals surface area contributed by atoms with Crippen molar-refractivity contribution < 1.29 is 13.2 Å². The Morgan fingerprint density at radius 3 is 2.10 bits per heavy atom. The van der Waals surface area contributed by atoms with Crippen LogP contribution >= 0.6 is 0 Å². The Balaban J connectivity index is 2.27. The number of rotatable bonds is 3. The van der Waals surface area contributed by atoms with Crippen LogP contribution in [0, 0.1) is 11.8 Å². The van der Waals surface area contributed by atoms with Crippen molar-refractivity contribution in [3.63, 3.8) is 0 Å². The number of primary amides is 1. The van der Waals surface area contributed by atoms with Crippen LogP contribution in [-0.4, -0.2) is 31.7 Å². The van der Waals surface area contributed by atoms with E-state index in [4.69, 9.17) is 5.73 Å². The summed E-state index contributed by atoms with van der Waals surface area (Å²) in [5, 5.41) is 0. The number of carbonyl (C=O) groups is 1. The lowest BCUT2D eigenvalue weighted by Gasteiger charge is -2.34. The van der Waals surface area contributed by atoms with Crippen molar-refractivity contribution >= 4 is 15.9 Å². The fraction of sp³-hybridized carbons (Fsp3) is 0.500. The molecule has 2 N–H and O–H groups in total. The van der Waals surface area contributed by atoms with Gasteiger partial charge < -0.3 is 5.73 Å². The van der Waals surface area contributed by atoms with Gasteiger partial charge in [-0.25, -0.2) is 8.42 Å². The van der Waals surface area contributed by atoms with Gasteiger partial charge in [0, 0.05) is 18.7 Å². The molecule has 0 saturated carbocycles. The molecule has 5 nitrogen and oxygen atoms in total. The molecule has 0 radical (unpaired) electrons. The van der Waals surface area contributed by atoms with Crippen LogP contribution in [0.25, 0.3) is 0 Å². The summed E-state index contributed by atoms with van der Waals surface area (Å²) in [4.78, 5) is 11.2. The summed E-state index contributed by atoms with van der Waals surface area (Å²) in [7, 11) is -3.49. The molecule has 1 aromatic carbocycles. The Morgan fingerprint density at radius 2 is 1.65 bits per heavy atom. The maximum atomic E-state index is 12.6. The van der Waals surface area contributed by atoms with E-state index in [1.165, 1.54) is 28.6 Å². The SMILES string of the molecule is C[C@H]1C[C@H](C)CN(S(=O)(=O)c2ccc(C(N)=O)cc2)C1. The number of carbonyl (C=O) groups excluding carboxylic acids is 1. The third kappa shape index (κ3) is 3.02. The minimum atomic E-state index is -3.49. The number of piperidine rings is 1. The summed E-state index contributed by atoms with van der Waals surface area (Å²) in [5.41, 5.74) is 5.46. The molecular formula is C14H20N2O3S. The van der Waals surface area contributed by atoms with Crippen molar-refractivity contribution in [2.75, 3.05) is 13.1 Å². The van der Waals surface area contributed by atoms with E-state index < -0.39 is 15.9 Å². The molecule has 1 amide bonds. The first-order valence-corrected chi connectivity index (χ1v) is 8.14. The largest absolute Gasteiger partial charge is 0.366 e. The Morgan fingerprint density at radius 1 is 1.15 bits per heavy atom. The zero-order valence-electron chi connectivity index (χ0n) is 11.7. The molecule has 0 bridgehead atoms. The molecular weight excluding hydrogens is 276 g/mol. The first kappa shape index (κ1) is 15.0. The lowest BCUT2D eigenvalue weighted by molar-refractivity contribution is 0.1000. The van der Waals surface area contributed by atoms with E-state index in [2.05, 4.69) is 13.8 Å². The summed E-state index contributed by atoms with van der Waals surface area (Å²) in [6.45, 7) is 5.22. The minimum absolute atomic E-state index is 0.212. The fourth-order valence-corrected chi connectivity index (χ4v) is 4.42. The van der Waals surface area contributed by atoms with E-state index in [-0.39, 0.29) is 4.90 Å². The van der Waals surface area contributed by atoms with E-state index in [0.717, 1.165) is 6.42 Å². The van der Waals surface area contributed by atoms with Gasteiger partial charge in [-0.05, 0) is 42.5 Å². The molecule has 0 aromatic heterocycles. The van der Waals surface area contributed by atoms with Gasteiger partial charge in [-0.3, -0.25) is 4.79 Å². The normalized spacial score (nSPS) is 24.5. The van der Waals surface area contributed by atoms with Gasteiger partial charge in [0.15, 0.2) is 0 Å². The molecule has 1 aromatic rings. The van der Waals surface area contributed by atoms with Crippen LogP contribution in [0.4, 0.5) is 0 Å². The molecule has 0 spiro atoms.